The van der Waals surface area contributed by atoms with Crippen LogP contribution >= 0.6 is 0 Å². The van der Waals surface area contributed by atoms with Crippen molar-refractivity contribution in [1.82, 2.24) is 14.5 Å². The lowest BCUT2D eigenvalue weighted by atomic mass is 10.1. The van der Waals surface area contributed by atoms with E-state index in [-0.39, 0.29) is 12.1 Å². The fraction of sp³-hybridized carbons (Fsp3) is 0.440. The summed E-state index contributed by atoms with van der Waals surface area (Å²) >= 11 is 0. The van der Waals surface area contributed by atoms with Crippen LogP contribution in [-0.4, -0.2) is 45.3 Å². The van der Waals surface area contributed by atoms with E-state index in [9.17, 15) is 4.79 Å². The van der Waals surface area contributed by atoms with Crippen LogP contribution in [0.5, 0.6) is 6.01 Å². The number of benzene rings is 2. The minimum atomic E-state index is -0.507. The van der Waals surface area contributed by atoms with Gasteiger partial charge in [-0.1, -0.05) is 36.4 Å². The lowest BCUT2D eigenvalue weighted by Gasteiger charge is -2.28. The summed E-state index contributed by atoms with van der Waals surface area (Å²) in [6, 6.07) is 17.0. The molecule has 0 bridgehead atoms. The molecule has 3 aromatic rings. The van der Waals surface area contributed by atoms with Crippen LogP contribution in [0, 0.1) is 6.92 Å². The fourth-order valence-corrected chi connectivity index (χ4v) is 4.01. The second kappa shape index (κ2) is 8.61. The Morgan fingerprint density at radius 2 is 1.87 bits per heavy atom. The van der Waals surface area contributed by atoms with Gasteiger partial charge in [-0.3, -0.25) is 4.57 Å². The van der Waals surface area contributed by atoms with E-state index in [2.05, 4.69) is 35.8 Å². The van der Waals surface area contributed by atoms with Gasteiger partial charge in [0.2, 0.25) is 0 Å². The molecule has 1 aromatic heterocycles. The number of nitrogens with zero attached hydrogens (tertiary/aromatic N) is 3. The average molecular weight is 422 g/mol. The Hall–Kier alpha value is -3.02. The summed E-state index contributed by atoms with van der Waals surface area (Å²) in [5.41, 5.74) is 3.90. The molecular formula is C25H31N3O3. The smallest absolute Gasteiger partial charge is 0.410 e. The lowest BCUT2D eigenvalue weighted by Crippen LogP contribution is -2.42. The third-order valence-electron chi connectivity index (χ3n) is 5.62. The number of ether oxygens (including phenoxy) is 2. The summed E-state index contributed by atoms with van der Waals surface area (Å²) in [5, 5.41) is 0. The van der Waals surface area contributed by atoms with Gasteiger partial charge in [0.15, 0.2) is 0 Å². The summed E-state index contributed by atoms with van der Waals surface area (Å²) in [6.45, 7) is 9.56. The van der Waals surface area contributed by atoms with Crippen molar-refractivity contribution in [2.45, 2.75) is 58.7 Å². The highest BCUT2D eigenvalue weighted by atomic mass is 16.6. The highest BCUT2D eigenvalue weighted by Gasteiger charge is 2.33. The topological polar surface area (TPSA) is 56.6 Å². The van der Waals surface area contributed by atoms with Gasteiger partial charge in [0.05, 0.1) is 23.6 Å². The molecule has 1 aliphatic heterocycles. The lowest BCUT2D eigenvalue weighted by molar-refractivity contribution is 0.0183. The Morgan fingerprint density at radius 3 is 2.65 bits per heavy atom. The van der Waals surface area contributed by atoms with E-state index in [1.165, 1.54) is 11.1 Å². The van der Waals surface area contributed by atoms with Gasteiger partial charge >= 0.3 is 6.09 Å². The molecule has 1 unspecified atom stereocenters. The fourth-order valence-electron chi connectivity index (χ4n) is 4.01. The number of imidazole rings is 1. The minimum absolute atomic E-state index is 0.0124. The zero-order valence-electron chi connectivity index (χ0n) is 18.8. The third kappa shape index (κ3) is 4.84. The van der Waals surface area contributed by atoms with E-state index in [1.807, 2.05) is 45.0 Å². The van der Waals surface area contributed by atoms with Crippen LogP contribution in [0.4, 0.5) is 4.79 Å². The second-order valence-electron chi connectivity index (χ2n) is 9.18. The van der Waals surface area contributed by atoms with Crippen LogP contribution in [0.1, 0.15) is 44.7 Å². The molecule has 1 fully saturated rings. The summed E-state index contributed by atoms with van der Waals surface area (Å²) in [6.07, 6.45) is 1.58. The Balaban J connectivity index is 1.54. The number of rotatable bonds is 5. The van der Waals surface area contributed by atoms with E-state index in [0.29, 0.717) is 25.7 Å². The van der Waals surface area contributed by atoms with Crippen molar-refractivity contribution >= 4 is 17.1 Å². The number of hydrogen-bond donors (Lipinski definition) is 0. The van der Waals surface area contributed by atoms with E-state index < -0.39 is 5.60 Å². The second-order valence-corrected chi connectivity index (χ2v) is 9.18. The summed E-state index contributed by atoms with van der Waals surface area (Å²) in [5.74, 6) is 0. The third-order valence-corrected chi connectivity index (χ3v) is 5.62. The minimum Gasteiger partial charge on any atom is -0.462 e. The van der Waals surface area contributed by atoms with Gasteiger partial charge in [-0.25, -0.2) is 4.79 Å². The Kier molecular flexibility index (Phi) is 5.90. The maximum atomic E-state index is 12.6. The number of fused-ring (bicyclic) bond motifs is 1. The predicted molar refractivity (Wildman–Crippen MR) is 121 cm³/mol. The molecule has 1 amide bonds. The number of para-hydroxylation sites is 2. The largest absolute Gasteiger partial charge is 0.462 e. The van der Waals surface area contributed by atoms with E-state index in [4.69, 9.17) is 14.5 Å². The molecule has 6 nitrogen and oxygen atoms in total. The SMILES string of the molecule is Cc1ccccc1Cn1c(OCC2CCCN2C(=O)OC(C)(C)C)nc2ccccc21. The summed E-state index contributed by atoms with van der Waals surface area (Å²) < 4.78 is 13.9. The molecule has 1 saturated heterocycles. The van der Waals surface area contributed by atoms with Crippen LogP contribution in [-0.2, 0) is 11.3 Å². The number of hydrogen-bond acceptors (Lipinski definition) is 4. The molecule has 31 heavy (non-hydrogen) atoms. The Labute approximate surface area is 183 Å². The molecule has 0 N–H and O–H groups in total. The maximum absolute atomic E-state index is 12.6. The predicted octanol–water partition coefficient (Wildman–Crippen LogP) is 5.17. The molecule has 2 aromatic carbocycles. The highest BCUT2D eigenvalue weighted by molar-refractivity contribution is 5.76. The van der Waals surface area contributed by atoms with Crippen molar-refractivity contribution < 1.29 is 14.3 Å². The molecule has 0 radical (unpaired) electrons. The first kappa shape index (κ1) is 21.2. The molecule has 164 valence electrons. The Bertz CT molecular complexity index is 1070. The van der Waals surface area contributed by atoms with Gasteiger partial charge in [-0.15, -0.1) is 0 Å². The molecule has 2 heterocycles. The zero-order valence-corrected chi connectivity index (χ0v) is 18.8. The van der Waals surface area contributed by atoms with Crippen LogP contribution in [0.3, 0.4) is 0 Å². The standard InChI is InChI=1S/C25H31N3O3/c1-18-10-5-6-11-19(18)16-28-22-14-8-7-13-21(22)26-23(28)30-17-20-12-9-15-27(20)24(29)31-25(2,3)4/h5-8,10-11,13-14,20H,9,12,15-17H2,1-4H3. The number of carbonyl (C=O) groups is 1. The van der Waals surface area contributed by atoms with Crippen molar-refractivity contribution in [3.8, 4) is 6.01 Å². The highest BCUT2D eigenvalue weighted by Crippen LogP contribution is 2.26. The maximum Gasteiger partial charge on any atom is 0.410 e. The van der Waals surface area contributed by atoms with Gasteiger partial charge in [0, 0.05) is 6.54 Å². The zero-order chi connectivity index (χ0) is 22.0. The summed E-state index contributed by atoms with van der Waals surface area (Å²) in [7, 11) is 0. The van der Waals surface area contributed by atoms with Crippen LogP contribution in [0.2, 0.25) is 0 Å². The monoisotopic (exact) mass is 421 g/mol. The first-order valence-corrected chi connectivity index (χ1v) is 10.9. The molecule has 4 rings (SSSR count). The van der Waals surface area contributed by atoms with Gasteiger partial charge in [0.1, 0.15) is 12.2 Å². The Morgan fingerprint density at radius 1 is 1.13 bits per heavy atom. The van der Waals surface area contributed by atoms with E-state index in [1.54, 1.807) is 4.90 Å². The van der Waals surface area contributed by atoms with Crippen molar-refractivity contribution in [2.75, 3.05) is 13.2 Å². The quantitative estimate of drug-likeness (QED) is 0.570. The normalized spacial score (nSPS) is 16.6. The molecule has 0 saturated carbocycles. The van der Waals surface area contributed by atoms with Crippen LogP contribution in [0.25, 0.3) is 11.0 Å². The summed E-state index contributed by atoms with van der Waals surface area (Å²) in [4.78, 5) is 19.1. The van der Waals surface area contributed by atoms with Gasteiger partial charge in [0.25, 0.3) is 6.01 Å². The number of aromatic nitrogens is 2. The van der Waals surface area contributed by atoms with Crippen molar-refractivity contribution in [3.05, 3.63) is 59.7 Å². The molecular weight excluding hydrogens is 390 g/mol. The molecule has 6 heteroatoms. The van der Waals surface area contributed by atoms with Gasteiger partial charge in [-0.2, -0.15) is 4.98 Å². The molecule has 1 aliphatic rings. The van der Waals surface area contributed by atoms with E-state index in [0.717, 1.165) is 23.9 Å². The van der Waals surface area contributed by atoms with Crippen molar-refractivity contribution in [1.29, 1.82) is 0 Å². The molecule has 0 aliphatic carbocycles. The molecule has 1 atom stereocenters. The average Bonchev–Trinajstić information content (AvgIpc) is 3.32. The first-order valence-electron chi connectivity index (χ1n) is 10.9. The number of aryl methyl sites for hydroxylation is 1. The number of likely N-dealkylation sites (tertiary alicyclic amines) is 1. The van der Waals surface area contributed by atoms with E-state index >= 15 is 0 Å². The van der Waals surface area contributed by atoms with Gasteiger partial charge < -0.3 is 14.4 Å². The number of amides is 1. The molecule has 0 spiro atoms. The van der Waals surface area contributed by atoms with Gasteiger partial charge in [-0.05, 0) is 63.8 Å². The van der Waals surface area contributed by atoms with Crippen LogP contribution < -0.4 is 4.74 Å². The first-order chi connectivity index (χ1) is 14.8. The van der Waals surface area contributed by atoms with Crippen LogP contribution in [0.15, 0.2) is 48.5 Å². The van der Waals surface area contributed by atoms with Crippen molar-refractivity contribution in [3.63, 3.8) is 0 Å². The number of carbonyl (C=O) groups excluding carboxylic acids is 1. The van der Waals surface area contributed by atoms with Crippen molar-refractivity contribution in [2.24, 2.45) is 0 Å².